The largest absolute Gasteiger partial charge is 0.492 e. The summed E-state index contributed by atoms with van der Waals surface area (Å²) in [4.78, 5) is 2.54. The predicted molar refractivity (Wildman–Crippen MR) is 83.7 cm³/mol. The third kappa shape index (κ3) is 3.23. The lowest BCUT2D eigenvalue weighted by Gasteiger charge is -2.41. The van der Waals surface area contributed by atoms with Crippen LogP contribution in [0, 0.1) is 0 Å². The van der Waals surface area contributed by atoms with Crippen molar-refractivity contribution < 1.29 is 9.47 Å². The summed E-state index contributed by atoms with van der Waals surface area (Å²) in [7, 11) is 0. The molecule has 0 aliphatic carbocycles. The van der Waals surface area contributed by atoms with Crippen molar-refractivity contribution in [1.29, 1.82) is 0 Å². The Labute approximate surface area is 127 Å². The Morgan fingerprint density at radius 1 is 1.33 bits per heavy atom. The quantitative estimate of drug-likeness (QED) is 0.925. The molecule has 2 heterocycles. The van der Waals surface area contributed by atoms with E-state index in [0.29, 0.717) is 18.2 Å². The smallest absolute Gasteiger partial charge is 0.124 e. The van der Waals surface area contributed by atoms with E-state index in [0.717, 1.165) is 45.0 Å². The lowest BCUT2D eigenvalue weighted by molar-refractivity contribution is 0.0410. The van der Waals surface area contributed by atoms with Gasteiger partial charge in [-0.25, -0.2) is 0 Å². The van der Waals surface area contributed by atoms with Crippen LogP contribution < -0.4 is 10.1 Å². The first-order valence-electron chi connectivity index (χ1n) is 8.10. The van der Waals surface area contributed by atoms with Crippen molar-refractivity contribution in [1.82, 2.24) is 10.2 Å². The van der Waals surface area contributed by atoms with Gasteiger partial charge in [0.15, 0.2) is 0 Å². The molecule has 3 atom stereocenters. The van der Waals surface area contributed by atoms with Crippen LogP contribution in [0.5, 0.6) is 5.75 Å². The lowest BCUT2D eigenvalue weighted by Crippen LogP contribution is -2.51. The van der Waals surface area contributed by atoms with E-state index in [4.69, 9.17) is 9.47 Å². The van der Waals surface area contributed by atoms with Gasteiger partial charge in [0.1, 0.15) is 12.4 Å². The minimum absolute atomic E-state index is 0.298. The fourth-order valence-electron chi connectivity index (χ4n) is 3.46. The van der Waals surface area contributed by atoms with Gasteiger partial charge in [-0.05, 0) is 26.0 Å². The number of nitrogens with zero attached hydrogens (tertiary/aromatic N) is 1. The van der Waals surface area contributed by atoms with Gasteiger partial charge < -0.3 is 14.8 Å². The van der Waals surface area contributed by atoms with E-state index < -0.39 is 0 Å². The van der Waals surface area contributed by atoms with Crippen molar-refractivity contribution in [2.75, 3.05) is 32.8 Å². The molecule has 3 unspecified atom stereocenters. The molecule has 1 saturated heterocycles. The average Bonchev–Trinajstić information content (AvgIpc) is 2.72. The molecule has 0 spiro atoms. The van der Waals surface area contributed by atoms with Gasteiger partial charge in [0, 0.05) is 25.3 Å². The highest BCUT2D eigenvalue weighted by atomic mass is 16.5. The molecule has 1 N–H and O–H groups in total. The number of rotatable bonds is 3. The molecule has 0 aromatic heterocycles. The highest BCUT2D eigenvalue weighted by molar-refractivity contribution is 5.38. The summed E-state index contributed by atoms with van der Waals surface area (Å²) < 4.78 is 11.8. The molecule has 2 aliphatic heterocycles. The molecule has 4 nitrogen and oxygen atoms in total. The number of para-hydroxylation sites is 1. The molecule has 3 rings (SSSR count). The van der Waals surface area contributed by atoms with Crippen molar-refractivity contribution in [3.8, 4) is 5.75 Å². The molecular weight excluding hydrogens is 264 g/mol. The van der Waals surface area contributed by atoms with Crippen molar-refractivity contribution in [2.24, 2.45) is 0 Å². The van der Waals surface area contributed by atoms with E-state index in [9.17, 15) is 0 Å². The summed E-state index contributed by atoms with van der Waals surface area (Å²) in [5.74, 6) is 1.03. The maximum atomic E-state index is 6.02. The monoisotopic (exact) mass is 290 g/mol. The zero-order chi connectivity index (χ0) is 14.7. The second kappa shape index (κ2) is 6.77. The molecule has 1 aromatic rings. The van der Waals surface area contributed by atoms with Crippen molar-refractivity contribution in [3.05, 3.63) is 29.8 Å². The van der Waals surface area contributed by atoms with Gasteiger partial charge in [0.05, 0.1) is 18.2 Å². The average molecular weight is 290 g/mol. The molecule has 0 saturated carbocycles. The summed E-state index contributed by atoms with van der Waals surface area (Å²) in [6.07, 6.45) is 1.40. The molecule has 2 aliphatic rings. The van der Waals surface area contributed by atoms with Crippen LogP contribution in [0.3, 0.4) is 0 Å². The Kier molecular flexibility index (Phi) is 4.78. The first-order chi connectivity index (χ1) is 10.3. The third-order valence-corrected chi connectivity index (χ3v) is 4.43. The minimum Gasteiger partial charge on any atom is -0.492 e. The summed E-state index contributed by atoms with van der Waals surface area (Å²) >= 11 is 0. The highest BCUT2D eigenvalue weighted by Crippen LogP contribution is 2.34. The molecule has 116 valence electrons. The van der Waals surface area contributed by atoms with Gasteiger partial charge >= 0.3 is 0 Å². The first-order valence-corrected chi connectivity index (χ1v) is 8.10. The van der Waals surface area contributed by atoms with Crippen molar-refractivity contribution in [2.45, 2.75) is 38.5 Å². The fraction of sp³-hybridized carbons (Fsp3) is 0.647. The summed E-state index contributed by atoms with van der Waals surface area (Å²) in [5, 5.41) is 3.66. The minimum atomic E-state index is 0.298. The third-order valence-electron chi connectivity index (χ3n) is 4.43. The molecule has 0 bridgehead atoms. The number of ether oxygens (including phenoxy) is 2. The van der Waals surface area contributed by atoms with Gasteiger partial charge in [0.2, 0.25) is 0 Å². The van der Waals surface area contributed by atoms with Crippen LogP contribution in [-0.2, 0) is 4.74 Å². The number of hydrogen-bond donors (Lipinski definition) is 1. The van der Waals surface area contributed by atoms with Gasteiger partial charge in [-0.3, -0.25) is 4.90 Å². The fourth-order valence-corrected chi connectivity index (χ4v) is 3.46. The van der Waals surface area contributed by atoms with E-state index >= 15 is 0 Å². The van der Waals surface area contributed by atoms with Crippen molar-refractivity contribution in [3.63, 3.8) is 0 Å². The van der Waals surface area contributed by atoms with Crippen LogP contribution in [0.15, 0.2) is 24.3 Å². The molecule has 1 fully saturated rings. The molecule has 21 heavy (non-hydrogen) atoms. The molecule has 0 radical (unpaired) electrons. The Morgan fingerprint density at radius 2 is 2.19 bits per heavy atom. The molecule has 1 aromatic carbocycles. The summed E-state index contributed by atoms with van der Waals surface area (Å²) in [6.45, 7) is 8.99. The maximum absolute atomic E-state index is 6.02. The second-order valence-corrected chi connectivity index (χ2v) is 5.98. The van der Waals surface area contributed by atoms with Crippen LogP contribution in [0.2, 0.25) is 0 Å². The van der Waals surface area contributed by atoms with Gasteiger partial charge in [-0.1, -0.05) is 25.1 Å². The number of fused-ring (bicyclic) bond motifs is 1. The predicted octanol–water partition coefficient (Wildman–Crippen LogP) is 2.21. The van der Waals surface area contributed by atoms with Gasteiger partial charge in [-0.2, -0.15) is 0 Å². The normalized spacial score (nSPS) is 30.3. The zero-order valence-corrected chi connectivity index (χ0v) is 13.0. The van der Waals surface area contributed by atoms with Crippen LogP contribution >= 0.6 is 0 Å². The van der Waals surface area contributed by atoms with Gasteiger partial charge in [-0.15, -0.1) is 0 Å². The van der Waals surface area contributed by atoms with E-state index in [1.54, 1.807) is 0 Å². The van der Waals surface area contributed by atoms with Gasteiger partial charge in [0.25, 0.3) is 0 Å². The molecular formula is C17H26N2O2. The van der Waals surface area contributed by atoms with Crippen LogP contribution in [0.25, 0.3) is 0 Å². The Bertz CT molecular complexity index is 466. The Balaban J connectivity index is 1.84. The van der Waals surface area contributed by atoms with Crippen LogP contribution in [0.1, 0.15) is 31.9 Å². The number of likely N-dealkylation sites (N-methyl/N-ethyl adjacent to an activating group) is 1. The highest BCUT2D eigenvalue weighted by Gasteiger charge is 2.35. The zero-order valence-electron chi connectivity index (χ0n) is 13.0. The van der Waals surface area contributed by atoms with E-state index in [2.05, 4.69) is 42.3 Å². The Morgan fingerprint density at radius 3 is 3.05 bits per heavy atom. The van der Waals surface area contributed by atoms with Crippen LogP contribution in [0.4, 0.5) is 0 Å². The topological polar surface area (TPSA) is 33.7 Å². The van der Waals surface area contributed by atoms with Crippen molar-refractivity contribution >= 4 is 0 Å². The van der Waals surface area contributed by atoms with Crippen LogP contribution in [-0.4, -0.2) is 49.9 Å². The number of hydrogen-bond acceptors (Lipinski definition) is 4. The first kappa shape index (κ1) is 14.8. The van der Waals surface area contributed by atoms with E-state index in [1.165, 1.54) is 5.56 Å². The SMILES string of the molecule is CCNC1c2ccccc2OCC1N1CCCOC(C)C1. The number of benzene rings is 1. The standard InChI is InChI=1S/C17H26N2O2/c1-3-18-17-14-7-4-5-8-16(14)21-12-15(17)19-9-6-10-20-13(2)11-19/h4-5,7-8,13,15,17-18H,3,6,9-12H2,1-2H3. The summed E-state index contributed by atoms with van der Waals surface area (Å²) in [5.41, 5.74) is 1.29. The maximum Gasteiger partial charge on any atom is 0.124 e. The van der Waals surface area contributed by atoms with E-state index in [1.807, 2.05) is 6.07 Å². The second-order valence-electron chi connectivity index (χ2n) is 5.98. The number of nitrogens with one attached hydrogen (secondary N) is 1. The summed E-state index contributed by atoms with van der Waals surface area (Å²) in [6, 6.07) is 9.12. The van der Waals surface area contributed by atoms with E-state index in [-0.39, 0.29) is 0 Å². The molecule has 0 amide bonds. The lowest BCUT2D eigenvalue weighted by atomic mass is 9.94. The Hall–Kier alpha value is -1.10. The molecule has 4 heteroatoms.